The number of nitrogens with one attached hydrogen (secondary N) is 1. The summed E-state index contributed by atoms with van der Waals surface area (Å²) in [6, 6.07) is 12.0. The number of rotatable bonds is 13. The van der Waals surface area contributed by atoms with Gasteiger partial charge in [-0.1, -0.05) is 44.4 Å². The average Bonchev–Trinajstić information content (AvgIpc) is 2.91. The molecule has 8 nitrogen and oxygen atoms in total. The Morgan fingerprint density at radius 1 is 1.10 bits per heavy atom. The molecule has 2 amide bonds. The van der Waals surface area contributed by atoms with Crippen molar-refractivity contribution in [2.45, 2.75) is 76.9 Å². The lowest BCUT2D eigenvalue weighted by molar-refractivity contribution is -0.141. The Morgan fingerprint density at radius 2 is 1.79 bits per heavy atom. The Balaban J connectivity index is 1.75. The molecular formula is C29H40FN3O5S. The summed E-state index contributed by atoms with van der Waals surface area (Å²) in [4.78, 5) is 28.4. The zero-order valence-electron chi connectivity index (χ0n) is 23.1. The van der Waals surface area contributed by atoms with Crippen molar-refractivity contribution in [2.24, 2.45) is 0 Å². The summed E-state index contributed by atoms with van der Waals surface area (Å²) in [6.07, 6.45) is 7.02. The third-order valence-electron chi connectivity index (χ3n) is 7.10. The molecule has 0 unspecified atom stereocenters. The van der Waals surface area contributed by atoms with Gasteiger partial charge < -0.3 is 15.0 Å². The maximum Gasteiger partial charge on any atom is 0.243 e. The molecule has 2 aromatic carbocycles. The molecule has 3 rings (SSSR count). The third-order valence-corrected chi connectivity index (χ3v) is 8.29. The maximum atomic E-state index is 13.6. The van der Waals surface area contributed by atoms with Crippen LogP contribution in [0.1, 0.15) is 63.9 Å². The second-order valence-corrected chi connectivity index (χ2v) is 12.0. The number of carbonyl (C=O) groups is 2. The molecule has 214 valence electrons. The largest absolute Gasteiger partial charge is 0.497 e. The number of halogens is 1. The zero-order chi connectivity index (χ0) is 28.4. The molecule has 0 heterocycles. The molecular weight excluding hydrogens is 521 g/mol. The van der Waals surface area contributed by atoms with Crippen molar-refractivity contribution < 1.29 is 27.1 Å². The van der Waals surface area contributed by atoms with E-state index in [1.54, 1.807) is 41.3 Å². The van der Waals surface area contributed by atoms with Gasteiger partial charge in [-0.2, -0.15) is 0 Å². The minimum atomic E-state index is -3.61. The van der Waals surface area contributed by atoms with Crippen LogP contribution in [-0.2, 0) is 26.2 Å². The van der Waals surface area contributed by atoms with Gasteiger partial charge in [0.1, 0.15) is 17.6 Å². The highest BCUT2D eigenvalue weighted by atomic mass is 32.2. The molecule has 1 aliphatic carbocycles. The van der Waals surface area contributed by atoms with Crippen LogP contribution >= 0.6 is 0 Å². The van der Waals surface area contributed by atoms with E-state index in [1.807, 2.05) is 6.92 Å². The van der Waals surface area contributed by atoms with Crippen molar-refractivity contribution in [3.63, 3.8) is 0 Å². The first-order valence-corrected chi connectivity index (χ1v) is 15.4. The SMILES string of the molecule is CC[C@H](C(=O)NC1CCCCC1)N(Cc1ccc(F)cc1)C(=O)CCCN(c1cccc(OC)c1)S(C)(=O)=O. The summed E-state index contributed by atoms with van der Waals surface area (Å²) in [7, 11) is -2.10. The summed E-state index contributed by atoms with van der Waals surface area (Å²) in [5.41, 5.74) is 1.16. The highest BCUT2D eigenvalue weighted by Gasteiger charge is 2.30. The molecule has 1 saturated carbocycles. The highest BCUT2D eigenvalue weighted by molar-refractivity contribution is 7.92. The quantitative estimate of drug-likeness (QED) is 0.385. The van der Waals surface area contributed by atoms with Gasteiger partial charge in [0.15, 0.2) is 0 Å². The number of anilines is 1. The number of ether oxygens (including phenoxy) is 1. The van der Waals surface area contributed by atoms with Crippen LogP contribution < -0.4 is 14.4 Å². The molecule has 0 spiro atoms. The summed E-state index contributed by atoms with van der Waals surface area (Å²) in [5, 5.41) is 3.13. The number of carbonyl (C=O) groups excluding carboxylic acids is 2. The van der Waals surface area contributed by atoms with E-state index in [1.165, 1.54) is 30.0 Å². The predicted octanol–water partition coefficient (Wildman–Crippen LogP) is 4.64. The first kappa shape index (κ1) is 30.4. The number of methoxy groups -OCH3 is 1. The fraction of sp³-hybridized carbons (Fsp3) is 0.517. The van der Waals surface area contributed by atoms with E-state index in [0.29, 0.717) is 23.4 Å². The highest BCUT2D eigenvalue weighted by Crippen LogP contribution is 2.24. The summed E-state index contributed by atoms with van der Waals surface area (Å²) >= 11 is 0. The average molecular weight is 562 g/mol. The van der Waals surface area contributed by atoms with Crippen LogP contribution in [0.2, 0.25) is 0 Å². The van der Waals surface area contributed by atoms with Gasteiger partial charge in [-0.3, -0.25) is 13.9 Å². The molecule has 1 fully saturated rings. The van der Waals surface area contributed by atoms with Crippen LogP contribution in [0.5, 0.6) is 5.75 Å². The van der Waals surface area contributed by atoms with E-state index in [2.05, 4.69) is 5.32 Å². The van der Waals surface area contributed by atoms with Crippen molar-refractivity contribution in [1.29, 1.82) is 0 Å². The second kappa shape index (κ2) is 14.3. The van der Waals surface area contributed by atoms with Gasteiger partial charge in [-0.15, -0.1) is 0 Å². The van der Waals surface area contributed by atoms with Crippen LogP contribution in [0, 0.1) is 5.82 Å². The van der Waals surface area contributed by atoms with Gasteiger partial charge in [-0.25, -0.2) is 12.8 Å². The van der Waals surface area contributed by atoms with Gasteiger partial charge in [0.2, 0.25) is 21.8 Å². The zero-order valence-corrected chi connectivity index (χ0v) is 23.9. The maximum absolute atomic E-state index is 13.6. The molecule has 0 saturated heterocycles. The summed E-state index contributed by atoms with van der Waals surface area (Å²) in [5.74, 6) is -0.298. The molecule has 10 heteroatoms. The molecule has 0 bridgehead atoms. The monoisotopic (exact) mass is 561 g/mol. The van der Waals surface area contributed by atoms with E-state index in [4.69, 9.17) is 4.74 Å². The summed E-state index contributed by atoms with van der Waals surface area (Å²) < 4.78 is 45.1. The molecule has 2 aromatic rings. The van der Waals surface area contributed by atoms with Crippen LogP contribution in [0.15, 0.2) is 48.5 Å². The van der Waals surface area contributed by atoms with Crippen LogP contribution in [-0.4, -0.2) is 57.1 Å². The molecule has 39 heavy (non-hydrogen) atoms. The smallest absolute Gasteiger partial charge is 0.243 e. The molecule has 0 radical (unpaired) electrons. The fourth-order valence-electron chi connectivity index (χ4n) is 5.02. The number of nitrogens with zero attached hydrogens (tertiary/aromatic N) is 2. The van der Waals surface area contributed by atoms with E-state index < -0.39 is 16.1 Å². The van der Waals surface area contributed by atoms with E-state index >= 15 is 0 Å². The van der Waals surface area contributed by atoms with E-state index in [0.717, 1.165) is 31.9 Å². The minimum absolute atomic E-state index is 0.0460. The second-order valence-electron chi connectivity index (χ2n) is 10.1. The van der Waals surface area contributed by atoms with Crippen molar-refractivity contribution in [1.82, 2.24) is 10.2 Å². The molecule has 1 N–H and O–H groups in total. The van der Waals surface area contributed by atoms with Crippen molar-refractivity contribution in [3.8, 4) is 5.75 Å². The Hall–Kier alpha value is -3.14. The van der Waals surface area contributed by atoms with Crippen molar-refractivity contribution in [2.75, 3.05) is 24.2 Å². The number of amides is 2. The van der Waals surface area contributed by atoms with Crippen molar-refractivity contribution in [3.05, 3.63) is 59.9 Å². The van der Waals surface area contributed by atoms with Crippen molar-refractivity contribution >= 4 is 27.5 Å². The number of hydrogen-bond donors (Lipinski definition) is 1. The Labute approximate surface area is 231 Å². The van der Waals surface area contributed by atoms with Crippen LogP contribution in [0.3, 0.4) is 0 Å². The lowest BCUT2D eigenvalue weighted by Crippen LogP contribution is -2.51. The third kappa shape index (κ3) is 8.95. The van der Waals surface area contributed by atoms with Gasteiger partial charge in [0.25, 0.3) is 0 Å². The van der Waals surface area contributed by atoms with Gasteiger partial charge >= 0.3 is 0 Å². The Kier molecular flexibility index (Phi) is 11.2. The lowest BCUT2D eigenvalue weighted by Gasteiger charge is -2.33. The minimum Gasteiger partial charge on any atom is -0.497 e. The summed E-state index contributed by atoms with van der Waals surface area (Å²) in [6.45, 7) is 2.11. The van der Waals surface area contributed by atoms with Crippen LogP contribution in [0.4, 0.5) is 10.1 Å². The Morgan fingerprint density at radius 3 is 2.41 bits per heavy atom. The standard InChI is InChI=1S/C29H40FN3O5S/c1-4-27(29(35)31-24-10-6-5-7-11-24)32(21-22-15-17-23(30)18-16-22)28(34)14-9-19-33(39(3,36)37)25-12-8-13-26(20-25)38-2/h8,12-13,15-18,20,24,27H,4-7,9-11,14,19,21H2,1-3H3,(H,31,35)/t27-/m1/s1. The number of hydrogen-bond acceptors (Lipinski definition) is 5. The predicted molar refractivity (Wildman–Crippen MR) is 150 cm³/mol. The lowest BCUT2D eigenvalue weighted by atomic mass is 9.95. The molecule has 0 aliphatic heterocycles. The Bertz CT molecular complexity index is 1200. The van der Waals surface area contributed by atoms with E-state index in [9.17, 15) is 22.4 Å². The van der Waals surface area contributed by atoms with Crippen LogP contribution in [0.25, 0.3) is 0 Å². The molecule has 1 atom stereocenters. The first-order valence-electron chi connectivity index (χ1n) is 13.6. The number of benzene rings is 2. The first-order chi connectivity index (χ1) is 18.6. The normalized spacial score (nSPS) is 14.9. The molecule has 0 aromatic heterocycles. The fourth-order valence-corrected chi connectivity index (χ4v) is 5.98. The number of sulfonamides is 1. The van der Waals surface area contributed by atoms with Gasteiger partial charge in [-0.05, 0) is 55.5 Å². The van der Waals surface area contributed by atoms with E-state index in [-0.39, 0.29) is 49.6 Å². The van der Waals surface area contributed by atoms with Gasteiger partial charge in [0, 0.05) is 31.6 Å². The topological polar surface area (TPSA) is 96.0 Å². The molecule has 1 aliphatic rings. The van der Waals surface area contributed by atoms with Gasteiger partial charge in [0.05, 0.1) is 19.1 Å².